The second kappa shape index (κ2) is 8.06. The lowest BCUT2D eigenvalue weighted by molar-refractivity contribution is -0.130. The molecule has 0 bridgehead atoms. The molecule has 2 aromatic rings. The van der Waals surface area contributed by atoms with E-state index >= 15 is 0 Å². The number of nitrogens with one attached hydrogen (secondary N) is 1. The van der Waals surface area contributed by atoms with Crippen molar-refractivity contribution in [3.05, 3.63) is 70.5 Å². The summed E-state index contributed by atoms with van der Waals surface area (Å²) < 4.78 is 42.1. The Kier molecular flexibility index (Phi) is 5.72. The zero-order chi connectivity index (χ0) is 21.3. The number of carboxylic acids is 1. The van der Waals surface area contributed by atoms with Crippen LogP contribution >= 0.6 is 0 Å². The number of rotatable bonds is 7. The van der Waals surface area contributed by atoms with Crippen molar-refractivity contribution >= 4 is 17.7 Å². The molecule has 1 amide bonds. The fourth-order valence-corrected chi connectivity index (χ4v) is 3.43. The van der Waals surface area contributed by atoms with E-state index in [4.69, 9.17) is 0 Å². The Morgan fingerprint density at radius 1 is 1.07 bits per heavy atom. The third-order valence-electron chi connectivity index (χ3n) is 4.91. The van der Waals surface area contributed by atoms with E-state index in [2.05, 4.69) is 5.32 Å². The van der Waals surface area contributed by atoms with Crippen molar-refractivity contribution in [2.24, 2.45) is 5.92 Å². The fourth-order valence-electron chi connectivity index (χ4n) is 3.43. The van der Waals surface area contributed by atoms with Crippen LogP contribution in [0.1, 0.15) is 53.2 Å². The molecule has 0 aromatic heterocycles. The van der Waals surface area contributed by atoms with Crippen LogP contribution in [0.15, 0.2) is 36.4 Å². The number of Topliss-reactive ketones (excluding diaryl/α,β-unsaturated/α-hetero) is 1. The lowest BCUT2D eigenvalue weighted by Gasteiger charge is -2.23. The summed E-state index contributed by atoms with van der Waals surface area (Å²) in [7, 11) is 0. The molecule has 2 unspecified atom stereocenters. The molecule has 0 aliphatic heterocycles. The van der Waals surface area contributed by atoms with Crippen LogP contribution in [0, 0.1) is 23.4 Å². The van der Waals surface area contributed by atoms with Gasteiger partial charge in [-0.15, -0.1) is 0 Å². The molecular formula is C21H18F3NO4. The van der Waals surface area contributed by atoms with Crippen LogP contribution in [-0.2, 0) is 9.59 Å². The van der Waals surface area contributed by atoms with Crippen molar-refractivity contribution in [1.29, 1.82) is 0 Å². The normalized spacial score (nSPS) is 15.4. The smallest absolute Gasteiger partial charge is 0.339 e. The minimum absolute atomic E-state index is 0.00431. The molecule has 1 aliphatic rings. The second-order valence-corrected chi connectivity index (χ2v) is 7.05. The molecule has 0 radical (unpaired) electrons. The summed E-state index contributed by atoms with van der Waals surface area (Å²) in [5.74, 6) is -8.38. The fraction of sp³-hybridized carbons (Fsp3) is 0.286. The van der Waals surface area contributed by atoms with Gasteiger partial charge in [0.1, 0.15) is 34.7 Å². The molecule has 152 valence electrons. The van der Waals surface area contributed by atoms with Gasteiger partial charge in [0, 0.05) is 5.56 Å². The number of halogens is 3. The van der Waals surface area contributed by atoms with Gasteiger partial charge in [-0.3, -0.25) is 9.59 Å². The first kappa shape index (κ1) is 20.6. The van der Waals surface area contributed by atoms with Crippen molar-refractivity contribution < 1.29 is 32.7 Å². The number of aromatic carboxylic acids is 1. The number of benzene rings is 2. The van der Waals surface area contributed by atoms with E-state index in [0.29, 0.717) is 17.7 Å². The Balaban J connectivity index is 2.00. The molecule has 0 spiro atoms. The van der Waals surface area contributed by atoms with Crippen LogP contribution < -0.4 is 5.32 Å². The summed E-state index contributed by atoms with van der Waals surface area (Å²) in [6, 6.07) is 6.24. The highest BCUT2D eigenvalue weighted by molar-refractivity contribution is 6.08. The van der Waals surface area contributed by atoms with Crippen molar-refractivity contribution in [1.82, 2.24) is 5.32 Å². The van der Waals surface area contributed by atoms with Crippen LogP contribution in [0.2, 0.25) is 0 Å². The number of hydrogen-bond donors (Lipinski definition) is 2. The predicted molar refractivity (Wildman–Crippen MR) is 96.7 cm³/mol. The molecule has 2 atom stereocenters. The van der Waals surface area contributed by atoms with Gasteiger partial charge >= 0.3 is 5.97 Å². The van der Waals surface area contributed by atoms with Gasteiger partial charge in [0.05, 0.1) is 6.04 Å². The summed E-state index contributed by atoms with van der Waals surface area (Å²) in [6.45, 7) is 0.995. The number of amides is 1. The highest BCUT2D eigenvalue weighted by atomic mass is 19.1. The topological polar surface area (TPSA) is 83.5 Å². The SMILES string of the molecule is CC(=O)C(C(=O)NC(c1cccc(F)c1)C1CC1)c1c(F)ccc(F)c1C(=O)O. The van der Waals surface area contributed by atoms with E-state index in [-0.39, 0.29) is 5.92 Å². The Labute approximate surface area is 164 Å². The zero-order valence-corrected chi connectivity index (χ0v) is 15.4. The summed E-state index contributed by atoms with van der Waals surface area (Å²) >= 11 is 0. The van der Waals surface area contributed by atoms with Gasteiger partial charge in [-0.25, -0.2) is 18.0 Å². The van der Waals surface area contributed by atoms with Gasteiger partial charge in [0.2, 0.25) is 5.91 Å². The Morgan fingerprint density at radius 3 is 2.28 bits per heavy atom. The third kappa shape index (κ3) is 4.31. The Hall–Kier alpha value is -3.16. The molecule has 1 fully saturated rings. The van der Waals surface area contributed by atoms with E-state index in [9.17, 15) is 32.7 Å². The molecule has 0 heterocycles. The predicted octanol–water partition coefficient (Wildman–Crippen LogP) is 3.74. The maximum Gasteiger partial charge on any atom is 0.339 e. The number of carboxylic acid groups (broad SMARTS) is 1. The van der Waals surface area contributed by atoms with Crippen LogP contribution in [0.4, 0.5) is 13.2 Å². The number of carbonyl (C=O) groups excluding carboxylic acids is 2. The van der Waals surface area contributed by atoms with Crippen molar-refractivity contribution in [3.63, 3.8) is 0 Å². The monoisotopic (exact) mass is 405 g/mol. The lowest BCUT2D eigenvalue weighted by atomic mass is 9.88. The molecular weight excluding hydrogens is 387 g/mol. The third-order valence-corrected chi connectivity index (χ3v) is 4.91. The molecule has 2 aromatic carbocycles. The second-order valence-electron chi connectivity index (χ2n) is 7.05. The van der Waals surface area contributed by atoms with E-state index in [1.54, 1.807) is 6.07 Å². The lowest BCUT2D eigenvalue weighted by Crippen LogP contribution is -2.37. The molecule has 5 nitrogen and oxygen atoms in total. The van der Waals surface area contributed by atoms with Gasteiger partial charge in [-0.1, -0.05) is 12.1 Å². The van der Waals surface area contributed by atoms with Crippen molar-refractivity contribution in [2.45, 2.75) is 31.7 Å². The Bertz CT molecular complexity index is 988. The van der Waals surface area contributed by atoms with E-state index in [0.717, 1.165) is 19.8 Å². The summed E-state index contributed by atoms with van der Waals surface area (Å²) in [4.78, 5) is 36.5. The Morgan fingerprint density at radius 2 is 1.72 bits per heavy atom. The molecule has 0 saturated heterocycles. The summed E-state index contributed by atoms with van der Waals surface area (Å²) in [6.07, 6.45) is 1.53. The highest BCUT2D eigenvalue weighted by Crippen LogP contribution is 2.41. The molecule has 1 aliphatic carbocycles. The van der Waals surface area contributed by atoms with E-state index < -0.39 is 58.2 Å². The molecule has 8 heteroatoms. The van der Waals surface area contributed by atoms with Crippen LogP contribution in [0.3, 0.4) is 0 Å². The van der Waals surface area contributed by atoms with Crippen LogP contribution in [0.5, 0.6) is 0 Å². The average Bonchev–Trinajstić information content (AvgIpc) is 3.47. The minimum atomic E-state index is -1.85. The van der Waals surface area contributed by atoms with Crippen molar-refractivity contribution in [3.8, 4) is 0 Å². The first-order valence-corrected chi connectivity index (χ1v) is 8.98. The first-order valence-electron chi connectivity index (χ1n) is 8.98. The standard InChI is InChI=1S/C21H18F3NO4/c1-10(26)16(17-14(23)7-8-15(24)18(17)21(28)29)20(27)25-19(11-5-6-11)12-3-2-4-13(22)9-12/h2-4,7-9,11,16,19H,5-6H2,1H3,(H,25,27)(H,28,29). The molecule has 29 heavy (non-hydrogen) atoms. The minimum Gasteiger partial charge on any atom is -0.478 e. The molecule has 3 rings (SSSR count). The summed E-state index contributed by atoms with van der Waals surface area (Å²) in [5.41, 5.74) is -1.41. The summed E-state index contributed by atoms with van der Waals surface area (Å²) in [5, 5.41) is 11.9. The van der Waals surface area contributed by atoms with Gasteiger partial charge in [0.15, 0.2) is 0 Å². The largest absolute Gasteiger partial charge is 0.478 e. The first-order chi connectivity index (χ1) is 13.7. The molecule has 1 saturated carbocycles. The number of ketones is 1. The molecule has 2 N–H and O–H groups in total. The quantitative estimate of drug-likeness (QED) is 0.688. The van der Waals surface area contributed by atoms with E-state index in [1.165, 1.54) is 18.2 Å². The van der Waals surface area contributed by atoms with Gasteiger partial charge < -0.3 is 10.4 Å². The van der Waals surface area contributed by atoms with Gasteiger partial charge in [-0.05, 0) is 55.5 Å². The van der Waals surface area contributed by atoms with E-state index in [1.807, 2.05) is 0 Å². The van der Waals surface area contributed by atoms with Crippen molar-refractivity contribution in [2.75, 3.05) is 0 Å². The van der Waals surface area contributed by atoms with Gasteiger partial charge in [-0.2, -0.15) is 0 Å². The number of hydrogen-bond acceptors (Lipinski definition) is 3. The van der Waals surface area contributed by atoms with Crippen LogP contribution in [0.25, 0.3) is 0 Å². The maximum absolute atomic E-state index is 14.4. The van der Waals surface area contributed by atoms with Gasteiger partial charge in [0.25, 0.3) is 0 Å². The maximum atomic E-state index is 14.4. The average molecular weight is 405 g/mol. The number of carbonyl (C=O) groups is 3. The van der Waals surface area contributed by atoms with Crippen LogP contribution in [-0.4, -0.2) is 22.8 Å². The highest BCUT2D eigenvalue weighted by Gasteiger charge is 2.39. The zero-order valence-electron chi connectivity index (χ0n) is 15.4.